The Morgan fingerprint density at radius 3 is 2.52 bits per heavy atom. The van der Waals surface area contributed by atoms with E-state index in [1.807, 2.05) is 0 Å². The van der Waals surface area contributed by atoms with Gasteiger partial charge in [0.1, 0.15) is 17.4 Å². The number of hydrogen-bond donors (Lipinski definition) is 2. The van der Waals surface area contributed by atoms with Crippen LogP contribution in [0.3, 0.4) is 0 Å². The van der Waals surface area contributed by atoms with Gasteiger partial charge >= 0.3 is 0 Å². The molecule has 2 N–H and O–H groups in total. The number of benzene rings is 2. The molecule has 0 fully saturated rings. The van der Waals surface area contributed by atoms with Crippen molar-refractivity contribution in [3.8, 4) is 5.75 Å². The van der Waals surface area contributed by atoms with E-state index in [2.05, 4.69) is 5.32 Å². The summed E-state index contributed by atoms with van der Waals surface area (Å²) in [7, 11) is -3.55. The standard InChI is InChI=1S/C15H13F2NO4S/c1-2-23(21,22)10-4-6-14(19)13(8-10)18-15(20)11-7-9(16)3-5-12(11)17/h3-8,19H,2H2,1H3,(H,18,20). The highest BCUT2D eigenvalue weighted by Gasteiger charge is 2.18. The van der Waals surface area contributed by atoms with E-state index in [4.69, 9.17) is 0 Å². The van der Waals surface area contributed by atoms with Crippen LogP contribution in [0.15, 0.2) is 41.3 Å². The van der Waals surface area contributed by atoms with Crippen molar-refractivity contribution in [2.24, 2.45) is 0 Å². The maximum atomic E-state index is 13.6. The zero-order chi connectivity index (χ0) is 17.2. The molecular weight excluding hydrogens is 328 g/mol. The van der Waals surface area contributed by atoms with Crippen LogP contribution in [-0.2, 0) is 9.84 Å². The van der Waals surface area contributed by atoms with Crippen LogP contribution < -0.4 is 5.32 Å². The molecule has 2 aromatic carbocycles. The van der Waals surface area contributed by atoms with Gasteiger partial charge in [0.2, 0.25) is 0 Å². The molecule has 0 saturated heterocycles. The number of anilines is 1. The van der Waals surface area contributed by atoms with Gasteiger partial charge in [0.25, 0.3) is 5.91 Å². The van der Waals surface area contributed by atoms with Crippen LogP contribution in [0.1, 0.15) is 17.3 Å². The number of aromatic hydroxyl groups is 1. The Morgan fingerprint density at radius 2 is 1.87 bits per heavy atom. The highest BCUT2D eigenvalue weighted by atomic mass is 32.2. The molecule has 0 unspecified atom stereocenters. The third-order valence-corrected chi connectivity index (χ3v) is 4.86. The van der Waals surface area contributed by atoms with Crippen LogP contribution in [0.5, 0.6) is 5.75 Å². The van der Waals surface area contributed by atoms with Gasteiger partial charge in [-0.25, -0.2) is 17.2 Å². The van der Waals surface area contributed by atoms with Gasteiger partial charge < -0.3 is 10.4 Å². The summed E-state index contributed by atoms with van der Waals surface area (Å²) >= 11 is 0. The Labute approximate surface area is 131 Å². The van der Waals surface area contributed by atoms with Gasteiger partial charge in [-0.15, -0.1) is 0 Å². The normalized spacial score (nSPS) is 11.3. The molecule has 0 aliphatic carbocycles. The fourth-order valence-electron chi connectivity index (χ4n) is 1.84. The molecule has 0 radical (unpaired) electrons. The molecule has 0 spiro atoms. The number of sulfone groups is 1. The van der Waals surface area contributed by atoms with Crippen molar-refractivity contribution in [2.75, 3.05) is 11.1 Å². The summed E-state index contributed by atoms with van der Waals surface area (Å²) < 4.78 is 50.3. The SMILES string of the molecule is CCS(=O)(=O)c1ccc(O)c(NC(=O)c2cc(F)ccc2F)c1. The Hall–Kier alpha value is -2.48. The summed E-state index contributed by atoms with van der Waals surface area (Å²) in [5.41, 5.74) is -0.777. The van der Waals surface area contributed by atoms with Crippen molar-refractivity contribution in [2.45, 2.75) is 11.8 Å². The molecule has 0 aliphatic rings. The van der Waals surface area contributed by atoms with E-state index in [9.17, 15) is 27.1 Å². The second-order valence-corrected chi connectivity index (χ2v) is 6.94. The molecule has 0 aliphatic heterocycles. The second kappa shape index (κ2) is 6.33. The van der Waals surface area contributed by atoms with Gasteiger partial charge in [-0.1, -0.05) is 6.92 Å². The molecule has 0 aromatic heterocycles. The zero-order valence-corrected chi connectivity index (χ0v) is 12.8. The van der Waals surface area contributed by atoms with Crippen LogP contribution in [0, 0.1) is 11.6 Å². The lowest BCUT2D eigenvalue weighted by Crippen LogP contribution is -2.15. The van der Waals surface area contributed by atoms with Crippen molar-refractivity contribution in [3.05, 3.63) is 53.6 Å². The smallest absolute Gasteiger partial charge is 0.258 e. The van der Waals surface area contributed by atoms with Gasteiger partial charge in [0, 0.05) is 0 Å². The largest absolute Gasteiger partial charge is 0.506 e. The van der Waals surface area contributed by atoms with Crippen LogP contribution >= 0.6 is 0 Å². The minimum absolute atomic E-state index is 0.104. The van der Waals surface area contributed by atoms with Gasteiger partial charge in [0.05, 0.1) is 21.9 Å². The Morgan fingerprint density at radius 1 is 1.17 bits per heavy atom. The number of rotatable bonds is 4. The number of carbonyl (C=O) groups is 1. The first-order chi connectivity index (χ1) is 10.7. The number of carbonyl (C=O) groups excluding carboxylic acids is 1. The minimum Gasteiger partial charge on any atom is -0.506 e. The molecule has 8 heteroatoms. The van der Waals surface area contributed by atoms with E-state index in [1.165, 1.54) is 13.0 Å². The first-order valence-electron chi connectivity index (χ1n) is 6.57. The molecule has 0 atom stereocenters. The lowest BCUT2D eigenvalue weighted by molar-refractivity contribution is 0.102. The molecule has 0 bridgehead atoms. The fraction of sp³-hybridized carbons (Fsp3) is 0.133. The number of phenols is 1. The summed E-state index contributed by atoms with van der Waals surface area (Å²) in [6.07, 6.45) is 0. The number of halogens is 2. The molecule has 2 rings (SSSR count). The lowest BCUT2D eigenvalue weighted by Gasteiger charge is -2.10. The molecule has 23 heavy (non-hydrogen) atoms. The molecular formula is C15H13F2NO4S. The van der Waals surface area contributed by atoms with E-state index in [1.54, 1.807) is 0 Å². The predicted octanol–water partition coefficient (Wildman–Crippen LogP) is 2.72. The minimum atomic E-state index is -3.55. The van der Waals surface area contributed by atoms with E-state index < -0.39 is 38.7 Å². The average molecular weight is 341 g/mol. The Kier molecular flexibility index (Phi) is 4.65. The van der Waals surface area contributed by atoms with Crippen LogP contribution in [0.2, 0.25) is 0 Å². The van der Waals surface area contributed by atoms with E-state index in [-0.39, 0.29) is 16.3 Å². The summed E-state index contributed by atoms with van der Waals surface area (Å²) in [6.45, 7) is 1.45. The van der Waals surface area contributed by atoms with Crippen molar-refractivity contribution >= 4 is 21.4 Å². The van der Waals surface area contributed by atoms with Gasteiger partial charge in [-0.05, 0) is 36.4 Å². The Bertz CT molecular complexity index is 866. The molecule has 122 valence electrons. The first-order valence-corrected chi connectivity index (χ1v) is 8.22. The van der Waals surface area contributed by atoms with E-state index in [0.29, 0.717) is 6.07 Å². The quantitative estimate of drug-likeness (QED) is 0.838. The van der Waals surface area contributed by atoms with Gasteiger partial charge in [0.15, 0.2) is 9.84 Å². The van der Waals surface area contributed by atoms with Crippen LogP contribution in [0.25, 0.3) is 0 Å². The van der Waals surface area contributed by atoms with Crippen molar-refractivity contribution in [3.63, 3.8) is 0 Å². The number of phenolic OH excluding ortho intramolecular Hbond substituents is 1. The molecule has 0 saturated carbocycles. The molecule has 2 aromatic rings. The average Bonchev–Trinajstić information content (AvgIpc) is 2.51. The van der Waals surface area contributed by atoms with Crippen molar-refractivity contribution < 1.29 is 27.1 Å². The zero-order valence-electron chi connectivity index (χ0n) is 12.0. The third-order valence-electron chi connectivity index (χ3n) is 3.13. The number of amides is 1. The number of hydrogen-bond acceptors (Lipinski definition) is 4. The fourth-order valence-corrected chi connectivity index (χ4v) is 2.74. The predicted molar refractivity (Wildman–Crippen MR) is 80.1 cm³/mol. The van der Waals surface area contributed by atoms with Crippen LogP contribution in [0.4, 0.5) is 14.5 Å². The monoisotopic (exact) mass is 341 g/mol. The third kappa shape index (κ3) is 3.65. The molecule has 0 heterocycles. The summed E-state index contributed by atoms with van der Waals surface area (Å²) in [5, 5.41) is 11.9. The highest BCUT2D eigenvalue weighted by molar-refractivity contribution is 7.91. The molecule has 5 nitrogen and oxygen atoms in total. The van der Waals surface area contributed by atoms with Gasteiger partial charge in [-0.2, -0.15) is 0 Å². The van der Waals surface area contributed by atoms with E-state index >= 15 is 0 Å². The Balaban J connectivity index is 2.38. The summed E-state index contributed by atoms with van der Waals surface area (Å²) in [6, 6.07) is 5.70. The highest BCUT2D eigenvalue weighted by Crippen LogP contribution is 2.27. The molecule has 1 amide bonds. The maximum absolute atomic E-state index is 13.6. The lowest BCUT2D eigenvalue weighted by atomic mass is 10.2. The van der Waals surface area contributed by atoms with Crippen LogP contribution in [-0.4, -0.2) is 25.2 Å². The maximum Gasteiger partial charge on any atom is 0.258 e. The second-order valence-electron chi connectivity index (χ2n) is 4.66. The topological polar surface area (TPSA) is 83.5 Å². The summed E-state index contributed by atoms with van der Waals surface area (Å²) in [4.78, 5) is 11.9. The van der Waals surface area contributed by atoms with E-state index in [0.717, 1.165) is 24.3 Å². The van der Waals surface area contributed by atoms with Gasteiger partial charge in [-0.3, -0.25) is 4.79 Å². The summed E-state index contributed by atoms with van der Waals surface area (Å²) in [5.74, 6) is -3.32. The van der Waals surface area contributed by atoms with Crippen molar-refractivity contribution in [1.29, 1.82) is 0 Å². The number of nitrogens with one attached hydrogen (secondary N) is 1. The van der Waals surface area contributed by atoms with Crippen molar-refractivity contribution in [1.82, 2.24) is 0 Å². The first kappa shape index (κ1) is 16.9.